The normalized spacial score (nSPS) is 12.1. The Morgan fingerprint density at radius 3 is 2.75 bits per heavy atom. The zero-order valence-corrected chi connectivity index (χ0v) is 13.8. The summed E-state index contributed by atoms with van der Waals surface area (Å²) in [6, 6.07) is 0. The zero-order chi connectivity index (χ0) is 14.8. The van der Waals surface area contributed by atoms with Crippen LogP contribution in [0.15, 0.2) is 11.6 Å². The highest BCUT2D eigenvalue weighted by Gasteiger charge is 2.24. The van der Waals surface area contributed by atoms with Gasteiger partial charge >= 0.3 is 0 Å². The first-order chi connectivity index (χ1) is 9.41. The summed E-state index contributed by atoms with van der Waals surface area (Å²) in [5.74, 6) is 0. The highest BCUT2D eigenvalue weighted by atomic mass is 32.1. The molecule has 0 aliphatic rings. The number of hydrogen-bond acceptors (Lipinski definition) is 4. The van der Waals surface area contributed by atoms with Crippen LogP contribution in [-0.2, 0) is 19.0 Å². The van der Waals surface area contributed by atoms with Crippen molar-refractivity contribution in [1.82, 2.24) is 20.1 Å². The molecule has 0 atom stereocenters. The second-order valence-electron chi connectivity index (χ2n) is 6.14. The monoisotopic (exact) mass is 292 g/mol. The molecule has 0 aliphatic heterocycles. The number of hydrogen-bond donors (Lipinski definition) is 1. The maximum Gasteiger partial charge on any atom is 0.127 e. The van der Waals surface area contributed by atoms with E-state index in [0.29, 0.717) is 0 Å². The third-order valence-electron chi connectivity index (χ3n) is 3.05. The quantitative estimate of drug-likeness (QED) is 0.860. The van der Waals surface area contributed by atoms with Crippen molar-refractivity contribution in [3.63, 3.8) is 0 Å². The van der Waals surface area contributed by atoms with E-state index in [1.807, 2.05) is 11.7 Å². The van der Waals surface area contributed by atoms with Crippen LogP contribution in [0.1, 0.15) is 45.5 Å². The second kappa shape index (κ2) is 6.06. The Kier molecular flexibility index (Phi) is 4.60. The topological polar surface area (TPSA) is 42.7 Å². The van der Waals surface area contributed by atoms with Gasteiger partial charge in [-0.3, -0.25) is 4.68 Å². The van der Waals surface area contributed by atoms with Crippen LogP contribution in [-0.4, -0.2) is 21.3 Å². The Balaban J connectivity index is 2.24. The Hall–Kier alpha value is -1.20. The molecule has 0 fully saturated rings. The van der Waals surface area contributed by atoms with Crippen molar-refractivity contribution >= 4 is 11.3 Å². The molecule has 0 aromatic carbocycles. The molecule has 2 heterocycles. The second-order valence-corrected chi connectivity index (χ2v) is 6.99. The standard InChI is InChI=1S/C15H24N4S/c1-6-7-16-8-11-10-20-14(17-11)12-9-19(5)18-13(12)15(2,3)4/h9-10,16H,6-8H2,1-5H3. The molecule has 110 valence electrons. The molecule has 1 N–H and O–H groups in total. The van der Waals surface area contributed by atoms with Crippen molar-refractivity contribution in [2.45, 2.75) is 46.1 Å². The summed E-state index contributed by atoms with van der Waals surface area (Å²) in [4.78, 5) is 4.74. The first-order valence-electron chi connectivity index (χ1n) is 7.11. The van der Waals surface area contributed by atoms with E-state index in [1.54, 1.807) is 11.3 Å². The molecule has 0 bridgehead atoms. The van der Waals surface area contributed by atoms with E-state index >= 15 is 0 Å². The molecule has 0 amide bonds. The largest absolute Gasteiger partial charge is 0.311 e. The summed E-state index contributed by atoms with van der Waals surface area (Å²) in [7, 11) is 1.97. The average molecular weight is 292 g/mol. The number of aryl methyl sites for hydroxylation is 1. The molecule has 0 aliphatic carbocycles. The molecule has 0 radical (unpaired) electrons. The maximum absolute atomic E-state index is 4.74. The van der Waals surface area contributed by atoms with Crippen LogP contribution in [0.3, 0.4) is 0 Å². The Bertz CT molecular complexity index is 563. The van der Waals surface area contributed by atoms with E-state index in [4.69, 9.17) is 4.98 Å². The SMILES string of the molecule is CCCNCc1csc(-c2cn(C)nc2C(C)(C)C)n1. The summed E-state index contributed by atoms with van der Waals surface area (Å²) in [6.07, 6.45) is 3.22. The van der Waals surface area contributed by atoms with Crippen molar-refractivity contribution in [3.05, 3.63) is 23.0 Å². The lowest BCUT2D eigenvalue weighted by Gasteiger charge is -2.16. The van der Waals surface area contributed by atoms with Gasteiger partial charge in [0.25, 0.3) is 0 Å². The Morgan fingerprint density at radius 1 is 1.35 bits per heavy atom. The summed E-state index contributed by atoms with van der Waals surface area (Å²) in [5, 5.41) is 11.2. The molecule has 0 unspecified atom stereocenters. The van der Waals surface area contributed by atoms with Crippen molar-refractivity contribution < 1.29 is 0 Å². The van der Waals surface area contributed by atoms with Crippen LogP contribution < -0.4 is 5.32 Å². The number of thiazole rings is 1. The fourth-order valence-corrected chi connectivity index (χ4v) is 2.93. The molecule has 0 spiro atoms. The zero-order valence-electron chi connectivity index (χ0n) is 13.0. The number of aromatic nitrogens is 3. The van der Waals surface area contributed by atoms with Gasteiger partial charge in [-0.25, -0.2) is 4.98 Å². The third-order valence-corrected chi connectivity index (χ3v) is 3.98. The van der Waals surface area contributed by atoms with E-state index < -0.39 is 0 Å². The molecular weight excluding hydrogens is 268 g/mol. The van der Waals surface area contributed by atoms with Gasteiger partial charge in [0.1, 0.15) is 5.01 Å². The lowest BCUT2D eigenvalue weighted by atomic mass is 9.90. The molecule has 2 rings (SSSR count). The molecular formula is C15H24N4S. The minimum Gasteiger partial charge on any atom is -0.311 e. The predicted octanol–water partition coefficient (Wildman–Crippen LogP) is 3.34. The van der Waals surface area contributed by atoms with E-state index in [0.717, 1.165) is 41.5 Å². The van der Waals surface area contributed by atoms with Crippen LogP contribution in [0.5, 0.6) is 0 Å². The maximum atomic E-state index is 4.74. The smallest absolute Gasteiger partial charge is 0.127 e. The summed E-state index contributed by atoms with van der Waals surface area (Å²) in [6.45, 7) is 10.6. The van der Waals surface area contributed by atoms with E-state index in [1.165, 1.54) is 0 Å². The van der Waals surface area contributed by atoms with Gasteiger partial charge in [-0.1, -0.05) is 27.7 Å². The molecule has 20 heavy (non-hydrogen) atoms. The van der Waals surface area contributed by atoms with E-state index in [-0.39, 0.29) is 5.41 Å². The Morgan fingerprint density at radius 2 is 2.10 bits per heavy atom. The van der Waals surface area contributed by atoms with Crippen LogP contribution in [0.25, 0.3) is 10.6 Å². The van der Waals surface area contributed by atoms with Crippen molar-refractivity contribution in [2.24, 2.45) is 7.05 Å². The first-order valence-corrected chi connectivity index (χ1v) is 7.99. The van der Waals surface area contributed by atoms with Crippen LogP contribution >= 0.6 is 11.3 Å². The minimum atomic E-state index is 0.0306. The van der Waals surface area contributed by atoms with Crippen molar-refractivity contribution in [2.75, 3.05) is 6.54 Å². The number of rotatable bonds is 5. The fourth-order valence-electron chi connectivity index (χ4n) is 2.10. The van der Waals surface area contributed by atoms with Gasteiger partial charge in [-0.15, -0.1) is 11.3 Å². The summed E-state index contributed by atoms with van der Waals surface area (Å²) < 4.78 is 1.88. The molecule has 2 aromatic heterocycles. The average Bonchev–Trinajstić information content (AvgIpc) is 2.95. The van der Waals surface area contributed by atoms with Crippen molar-refractivity contribution in [3.8, 4) is 10.6 Å². The summed E-state index contributed by atoms with van der Waals surface area (Å²) in [5.41, 5.74) is 3.42. The van der Waals surface area contributed by atoms with E-state index in [2.05, 4.69) is 49.7 Å². The van der Waals surface area contributed by atoms with Gasteiger partial charge in [0.05, 0.1) is 17.0 Å². The molecule has 0 saturated carbocycles. The van der Waals surface area contributed by atoms with Gasteiger partial charge in [-0.05, 0) is 13.0 Å². The van der Waals surface area contributed by atoms with Gasteiger partial charge < -0.3 is 5.32 Å². The first kappa shape index (κ1) is 15.2. The lowest BCUT2D eigenvalue weighted by Crippen LogP contribution is -2.14. The number of nitrogens with zero attached hydrogens (tertiary/aromatic N) is 3. The van der Waals surface area contributed by atoms with Gasteiger partial charge in [0.2, 0.25) is 0 Å². The van der Waals surface area contributed by atoms with Crippen LogP contribution in [0.2, 0.25) is 0 Å². The van der Waals surface area contributed by atoms with Gasteiger partial charge in [0, 0.05) is 30.6 Å². The fraction of sp³-hybridized carbons (Fsp3) is 0.600. The Labute approximate surface area is 125 Å². The highest BCUT2D eigenvalue weighted by molar-refractivity contribution is 7.13. The van der Waals surface area contributed by atoms with Crippen LogP contribution in [0.4, 0.5) is 0 Å². The van der Waals surface area contributed by atoms with Crippen molar-refractivity contribution in [1.29, 1.82) is 0 Å². The molecule has 4 nitrogen and oxygen atoms in total. The highest BCUT2D eigenvalue weighted by Crippen LogP contribution is 2.33. The lowest BCUT2D eigenvalue weighted by molar-refractivity contribution is 0.554. The molecule has 2 aromatic rings. The predicted molar refractivity (Wildman–Crippen MR) is 85.0 cm³/mol. The third kappa shape index (κ3) is 3.46. The molecule has 5 heteroatoms. The van der Waals surface area contributed by atoms with Gasteiger partial charge in [-0.2, -0.15) is 5.10 Å². The minimum absolute atomic E-state index is 0.0306. The van der Waals surface area contributed by atoms with Gasteiger partial charge in [0.15, 0.2) is 0 Å². The number of nitrogens with one attached hydrogen (secondary N) is 1. The van der Waals surface area contributed by atoms with Crippen LogP contribution in [0, 0.1) is 0 Å². The van der Waals surface area contributed by atoms with E-state index in [9.17, 15) is 0 Å². The molecule has 0 saturated heterocycles. The summed E-state index contributed by atoms with van der Waals surface area (Å²) >= 11 is 1.70.